The molecule has 0 atom stereocenters. The number of fused-ring (bicyclic) bond motifs is 6. The number of aromatic nitrogens is 5. The molecule has 3 aromatic heterocycles. The van der Waals surface area contributed by atoms with Gasteiger partial charge >= 0.3 is 30.9 Å². The van der Waals surface area contributed by atoms with Gasteiger partial charge in [-0.05, 0) is 82.9 Å². The van der Waals surface area contributed by atoms with Crippen molar-refractivity contribution in [2.45, 2.75) is 30.9 Å². The van der Waals surface area contributed by atoms with Crippen LogP contribution in [0.1, 0.15) is 27.8 Å². The fraction of sp³-hybridized carbons (Fsp3) is 0.0806. The summed E-state index contributed by atoms with van der Waals surface area (Å²) in [4.78, 5) is 14.4. The molecule has 0 aliphatic heterocycles. The molecule has 0 spiro atoms. The average molecular weight is 1130 g/mol. The van der Waals surface area contributed by atoms with Crippen molar-refractivity contribution in [3.05, 3.63) is 222 Å². The minimum atomic E-state index is -5.41. The molecule has 0 aliphatic carbocycles. The Morgan fingerprint density at radius 3 is 0.988 bits per heavy atom. The van der Waals surface area contributed by atoms with E-state index in [0.29, 0.717) is 46.2 Å². The molecule has 0 unspecified atom stereocenters. The van der Waals surface area contributed by atoms with Gasteiger partial charge in [0.2, 0.25) is 0 Å². The highest BCUT2D eigenvalue weighted by Crippen LogP contribution is 2.49. The number of rotatable bonds is 7. The zero-order valence-corrected chi connectivity index (χ0v) is 41.4. The van der Waals surface area contributed by atoms with Crippen LogP contribution in [0.5, 0.6) is 0 Å². The first-order valence-corrected chi connectivity index (χ1v) is 24.6. The first-order valence-electron chi connectivity index (χ1n) is 24.6. The molecular weight excluding hydrogens is 1100 g/mol. The molecule has 0 saturated carbocycles. The predicted molar refractivity (Wildman–Crippen MR) is 281 cm³/mol. The topological polar surface area (TPSA) is 48.5 Å². The number of nitrogens with zero attached hydrogens (tertiary/aromatic N) is 5. The Hall–Kier alpha value is -9.46. The first-order chi connectivity index (χ1) is 38.8. The van der Waals surface area contributed by atoms with Crippen molar-refractivity contribution >= 4 is 43.6 Å². The average Bonchev–Trinajstić information content (AvgIpc) is 3.09. The van der Waals surface area contributed by atoms with E-state index in [9.17, 15) is 52.7 Å². The van der Waals surface area contributed by atoms with Gasteiger partial charge in [-0.2, -0.15) is 65.9 Å². The van der Waals surface area contributed by atoms with Crippen LogP contribution in [0.3, 0.4) is 0 Å². The Bertz CT molecular complexity index is 4220. The third kappa shape index (κ3) is 9.40. The molecule has 0 fully saturated rings. The SMILES string of the molecule is FC(F)(F)c1ccc(-c2ccc3c4ccccc4n(-c4cc(-c5nc(-c6ccccc6)nc(-c6ccccc6)n5)cc(-n5c6ccccc6c6ccc(-c7ccc(C(F)(F)F)cc7C(F)(F)F)cc65)c4C(F)(F)F)c3c2)c(C(F)(F)F)c1. The second-order valence-corrected chi connectivity index (χ2v) is 19.1. The lowest BCUT2D eigenvalue weighted by molar-refractivity contribution is -0.144. The molecule has 0 amide bonds. The van der Waals surface area contributed by atoms with Gasteiger partial charge in [0.25, 0.3) is 0 Å². The Morgan fingerprint density at radius 1 is 0.268 bits per heavy atom. The number of hydrogen-bond donors (Lipinski definition) is 0. The van der Waals surface area contributed by atoms with Gasteiger partial charge in [-0.25, -0.2) is 15.0 Å². The molecule has 3 heterocycles. The highest BCUT2D eigenvalue weighted by molar-refractivity contribution is 6.12. The lowest BCUT2D eigenvalue weighted by Crippen LogP contribution is -2.16. The third-order valence-corrected chi connectivity index (χ3v) is 14.1. The Morgan fingerprint density at radius 2 is 0.622 bits per heavy atom. The van der Waals surface area contributed by atoms with Gasteiger partial charge in [0.15, 0.2) is 17.5 Å². The highest BCUT2D eigenvalue weighted by atomic mass is 19.4. The zero-order valence-electron chi connectivity index (χ0n) is 41.4. The molecular formula is C62H32F15N5. The summed E-state index contributed by atoms with van der Waals surface area (Å²) in [6, 6.07) is 40.9. The van der Waals surface area contributed by atoms with E-state index in [1.807, 2.05) is 0 Å². The number of benzene rings is 9. The Balaban J connectivity index is 1.23. The van der Waals surface area contributed by atoms with Crippen molar-refractivity contribution in [2.24, 2.45) is 0 Å². The fourth-order valence-corrected chi connectivity index (χ4v) is 10.5. The molecule has 20 heteroatoms. The van der Waals surface area contributed by atoms with Gasteiger partial charge in [-0.15, -0.1) is 0 Å². The van der Waals surface area contributed by atoms with Crippen LogP contribution in [0.2, 0.25) is 0 Å². The largest absolute Gasteiger partial charge is 0.420 e. The van der Waals surface area contributed by atoms with Crippen LogP contribution in [-0.4, -0.2) is 24.1 Å². The van der Waals surface area contributed by atoms with Crippen molar-refractivity contribution in [2.75, 3.05) is 0 Å². The lowest BCUT2D eigenvalue weighted by atomic mass is 9.95. The van der Waals surface area contributed by atoms with Crippen LogP contribution in [0.4, 0.5) is 65.9 Å². The predicted octanol–water partition coefficient (Wildman–Crippen LogP) is 19.5. The van der Waals surface area contributed by atoms with E-state index in [0.717, 1.165) is 33.4 Å². The normalized spacial score (nSPS) is 12.8. The van der Waals surface area contributed by atoms with Gasteiger partial charge in [0.1, 0.15) is 5.56 Å². The van der Waals surface area contributed by atoms with Crippen LogP contribution < -0.4 is 0 Å². The summed E-state index contributed by atoms with van der Waals surface area (Å²) in [5, 5.41) is 1.00. The zero-order chi connectivity index (χ0) is 57.8. The first kappa shape index (κ1) is 53.2. The summed E-state index contributed by atoms with van der Waals surface area (Å²) in [7, 11) is 0. The molecule has 0 saturated heterocycles. The van der Waals surface area contributed by atoms with Gasteiger partial charge in [0.05, 0.1) is 55.7 Å². The third-order valence-electron chi connectivity index (χ3n) is 14.1. The maximum Gasteiger partial charge on any atom is 0.420 e. The van der Waals surface area contributed by atoms with E-state index in [4.69, 9.17) is 15.0 Å². The number of halogens is 15. The van der Waals surface area contributed by atoms with Gasteiger partial charge in [-0.3, -0.25) is 0 Å². The van der Waals surface area contributed by atoms with E-state index in [2.05, 4.69) is 0 Å². The van der Waals surface area contributed by atoms with E-state index in [1.54, 1.807) is 84.9 Å². The summed E-state index contributed by atoms with van der Waals surface area (Å²) in [6.07, 6.45) is -26.5. The van der Waals surface area contributed by atoms with Crippen LogP contribution in [0.15, 0.2) is 194 Å². The summed E-state index contributed by atoms with van der Waals surface area (Å²) in [6.45, 7) is 0. The van der Waals surface area contributed by atoms with Crippen molar-refractivity contribution in [1.82, 2.24) is 24.1 Å². The van der Waals surface area contributed by atoms with Gasteiger partial charge in [0, 0.05) is 38.2 Å². The molecule has 0 N–H and O–H groups in total. The fourth-order valence-electron chi connectivity index (χ4n) is 10.5. The molecule has 9 aromatic carbocycles. The van der Waals surface area contributed by atoms with E-state index in [-0.39, 0.29) is 79.1 Å². The molecule has 5 nitrogen and oxygen atoms in total. The van der Waals surface area contributed by atoms with Crippen LogP contribution in [0, 0.1) is 0 Å². The minimum absolute atomic E-state index is 0.0483. The molecule has 0 aliphatic rings. The second kappa shape index (κ2) is 19.1. The molecule has 0 bridgehead atoms. The summed E-state index contributed by atoms with van der Waals surface area (Å²) >= 11 is 0. The summed E-state index contributed by atoms with van der Waals surface area (Å²) in [5.41, 5.74) is -10.7. The highest BCUT2D eigenvalue weighted by Gasteiger charge is 2.42. The van der Waals surface area contributed by atoms with Gasteiger partial charge < -0.3 is 9.13 Å². The van der Waals surface area contributed by atoms with Crippen molar-refractivity contribution in [3.8, 4) is 67.8 Å². The van der Waals surface area contributed by atoms with Crippen LogP contribution in [0.25, 0.3) is 111 Å². The Kier molecular flexibility index (Phi) is 12.4. The quantitative estimate of drug-likeness (QED) is 0.149. The molecule has 82 heavy (non-hydrogen) atoms. The van der Waals surface area contributed by atoms with Crippen molar-refractivity contribution in [3.63, 3.8) is 0 Å². The second-order valence-electron chi connectivity index (χ2n) is 19.1. The van der Waals surface area contributed by atoms with Crippen LogP contribution in [-0.2, 0) is 30.9 Å². The maximum absolute atomic E-state index is 17.0. The Labute approximate surface area is 452 Å². The number of hydrogen-bond acceptors (Lipinski definition) is 3. The molecule has 12 aromatic rings. The number of para-hydroxylation sites is 2. The maximum atomic E-state index is 17.0. The molecule has 0 radical (unpaired) electrons. The van der Waals surface area contributed by atoms with Crippen molar-refractivity contribution < 1.29 is 65.9 Å². The van der Waals surface area contributed by atoms with Crippen LogP contribution >= 0.6 is 0 Å². The summed E-state index contributed by atoms with van der Waals surface area (Å²) < 4.78 is 226. The number of alkyl halides is 15. The molecule has 410 valence electrons. The lowest BCUT2D eigenvalue weighted by Gasteiger charge is -2.23. The minimum Gasteiger partial charge on any atom is -0.309 e. The summed E-state index contributed by atoms with van der Waals surface area (Å²) in [5.74, 6) is -0.0556. The van der Waals surface area contributed by atoms with E-state index < -0.39 is 81.2 Å². The van der Waals surface area contributed by atoms with E-state index >= 15 is 13.2 Å². The molecule has 12 rings (SSSR count). The van der Waals surface area contributed by atoms with E-state index in [1.165, 1.54) is 48.5 Å². The van der Waals surface area contributed by atoms with Gasteiger partial charge in [-0.1, -0.05) is 133 Å². The standard InChI is InChI=1S/C62H32F15N5/c63-58(64,65)38-21-25-40(46(31-38)60(69,70)71)35-19-23-44-42-15-7-9-17-48(42)81(50(44)27-35)52-29-37(57-79-55(33-11-3-1-4-12-33)78-56(80-57)34-13-5-2-6-14-34)30-53(54(52)62(75,76)77)82-49-18-10-8-16-43(49)45-24-20-36(28-51(45)82)41-26-22-39(59(66,67)68)32-47(41)61(72,73)74/h1-32H. The monoisotopic (exact) mass is 1130 g/mol. The smallest absolute Gasteiger partial charge is 0.309 e. The van der Waals surface area contributed by atoms with Crippen molar-refractivity contribution in [1.29, 1.82) is 0 Å².